The Kier molecular flexibility index (Phi) is 6.63. The number of hydrogen-bond donors (Lipinski definition) is 2. The molecule has 0 aliphatic heterocycles. The molecular formula is C23H26NO4+. The van der Waals surface area contributed by atoms with Gasteiger partial charge in [0.15, 0.2) is 5.76 Å². The normalized spacial score (nSPS) is 13.1. The van der Waals surface area contributed by atoms with E-state index in [9.17, 15) is 9.90 Å². The van der Waals surface area contributed by atoms with Gasteiger partial charge in [-0.15, -0.1) is 0 Å². The lowest BCUT2D eigenvalue weighted by atomic mass is 10.0. The molecule has 0 radical (unpaired) electrons. The maximum absolute atomic E-state index is 11.7. The van der Waals surface area contributed by atoms with E-state index in [0.29, 0.717) is 18.7 Å². The summed E-state index contributed by atoms with van der Waals surface area (Å²) in [6.45, 7) is 4.77. The summed E-state index contributed by atoms with van der Waals surface area (Å²) in [5.41, 5.74) is 2.33. The predicted octanol–water partition coefficient (Wildman–Crippen LogP) is 3.31. The van der Waals surface area contributed by atoms with Gasteiger partial charge >= 0.3 is 5.97 Å². The van der Waals surface area contributed by atoms with Crippen LogP contribution in [0.4, 0.5) is 0 Å². The van der Waals surface area contributed by atoms with Gasteiger partial charge in [0.1, 0.15) is 24.5 Å². The van der Waals surface area contributed by atoms with Gasteiger partial charge in [0.25, 0.3) is 0 Å². The molecule has 0 unspecified atom stereocenters. The van der Waals surface area contributed by atoms with E-state index in [2.05, 4.69) is 5.32 Å². The maximum atomic E-state index is 11.7. The van der Waals surface area contributed by atoms with Gasteiger partial charge in [0.2, 0.25) is 0 Å². The fourth-order valence-electron chi connectivity index (χ4n) is 3.01. The summed E-state index contributed by atoms with van der Waals surface area (Å²) >= 11 is 0. The van der Waals surface area contributed by atoms with Crippen LogP contribution in [0.5, 0.6) is 0 Å². The number of hydrogen-bond acceptors (Lipinski definition) is 4. The summed E-state index contributed by atoms with van der Waals surface area (Å²) in [7, 11) is 0. The Bertz CT molecular complexity index is 886. The molecule has 2 atom stereocenters. The van der Waals surface area contributed by atoms with Crippen LogP contribution < -0.4 is 5.32 Å². The molecule has 146 valence electrons. The van der Waals surface area contributed by atoms with Crippen molar-refractivity contribution >= 4 is 5.97 Å². The van der Waals surface area contributed by atoms with Crippen LogP contribution in [-0.4, -0.2) is 23.7 Å². The van der Waals surface area contributed by atoms with Gasteiger partial charge in [-0.1, -0.05) is 42.5 Å². The highest BCUT2D eigenvalue weighted by Crippen LogP contribution is 2.23. The van der Waals surface area contributed by atoms with Gasteiger partial charge in [0, 0.05) is 5.56 Å². The molecular weight excluding hydrogens is 354 g/mol. The lowest BCUT2D eigenvalue weighted by Gasteiger charge is -2.17. The first-order valence-corrected chi connectivity index (χ1v) is 9.51. The second-order valence-corrected chi connectivity index (χ2v) is 6.72. The molecule has 3 N–H and O–H groups in total. The third kappa shape index (κ3) is 4.88. The van der Waals surface area contributed by atoms with E-state index in [1.807, 2.05) is 61.5 Å². The highest BCUT2D eigenvalue weighted by atomic mass is 16.5. The van der Waals surface area contributed by atoms with Crippen molar-refractivity contribution in [1.82, 2.24) is 0 Å². The minimum absolute atomic E-state index is 0.000175. The van der Waals surface area contributed by atoms with Crippen molar-refractivity contribution in [3.8, 4) is 11.3 Å². The quantitative estimate of drug-likeness (QED) is 0.588. The first-order chi connectivity index (χ1) is 13.6. The molecule has 0 aliphatic carbocycles. The van der Waals surface area contributed by atoms with Crippen LogP contribution in [0.3, 0.4) is 0 Å². The van der Waals surface area contributed by atoms with Crippen LogP contribution in [0.25, 0.3) is 11.3 Å². The van der Waals surface area contributed by atoms with Gasteiger partial charge in [-0.05, 0) is 43.7 Å². The maximum Gasteiger partial charge on any atom is 0.338 e. The van der Waals surface area contributed by atoms with Crippen LogP contribution in [-0.2, 0) is 11.3 Å². The Balaban J connectivity index is 1.59. The molecule has 2 aromatic carbocycles. The number of benzene rings is 2. The average molecular weight is 380 g/mol. The number of carbonyl (C=O) groups excluding carboxylic acids is 1. The van der Waals surface area contributed by atoms with E-state index >= 15 is 0 Å². The van der Waals surface area contributed by atoms with Crippen molar-refractivity contribution in [3.05, 3.63) is 83.6 Å². The first kappa shape index (κ1) is 19.9. The molecule has 5 heteroatoms. The Morgan fingerprint density at radius 2 is 1.79 bits per heavy atom. The summed E-state index contributed by atoms with van der Waals surface area (Å²) in [6.07, 6.45) is -0.536. The summed E-state index contributed by atoms with van der Waals surface area (Å²) in [6, 6.07) is 20.7. The van der Waals surface area contributed by atoms with E-state index < -0.39 is 6.10 Å². The van der Waals surface area contributed by atoms with Crippen molar-refractivity contribution in [3.63, 3.8) is 0 Å². The minimum atomic E-state index is -0.536. The lowest BCUT2D eigenvalue weighted by molar-refractivity contribution is -0.710. The number of aliphatic hydroxyl groups is 1. The Morgan fingerprint density at radius 3 is 2.46 bits per heavy atom. The lowest BCUT2D eigenvalue weighted by Crippen LogP contribution is -2.88. The Labute approximate surface area is 165 Å². The van der Waals surface area contributed by atoms with Crippen molar-refractivity contribution in [2.45, 2.75) is 32.5 Å². The van der Waals surface area contributed by atoms with Gasteiger partial charge in [0.05, 0.1) is 12.2 Å². The number of esters is 1. The van der Waals surface area contributed by atoms with Gasteiger partial charge in [-0.2, -0.15) is 0 Å². The average Bonchev–Trinajstić information content (AvgIpc) is 3.21. The molecule has 3 aromatic rings. The number of carbonyl (C=O) groups is 1. The Hall–Kier alpha value is -2.89. The summed E-state index contributed by atoms with van der Waals surface area (Å²) < 4.78 is 10.9. The molecule has 0 amide bonds. The van der Waals surface area contributed by atoms with Crippen molar-refractivity contribution in [2.75, 3.05) is 6.61 Å². The SMILES string of the molecule is CCOC(=O)c1ccc(-c2ccc(C[NH2+][C@H](C)[C@@H](O)c3ccccc3)o2)cc1. The number of quaternary nitrogens is 1. The van der Waals surface area contributed by atoms with E-state index in [-0.39, 0.29) is 12.0 Å². The molecule has 0 aliphatic rings. The molecule has 3 rings (SSSR count). The smallest absolute Gasteiger partial charge is 0.338 e. The standard InChI is InChI=1S/C23H25NO4/c1-3-27-23(26)19-11-9-17(10-12-19)21-14-13-20(28-21)15-24-16(2)22(25)18-7-5-4-6-8-18/h4-14,16,22,24-25H,3,15H2,1-2H3/p+1/t16-,22-/m1/s1. The zero-order chi connectivity index (χ0) is 19.9. The second-order valence-electron chi connectivity index (χ2n) is 6.72. The molecule has 0 saturated carbocycles. The molecule has 0 spiro atoms. The summed E-state index contributed by atoms with van der Waals surface area (Å²) in [4.78, 5) is 11.7. The molecule has 28 heavy (non-hydrogen) atoms. The van der Waals surface area contributed by atoms with E-state index in [1.165, 1.54) is 0 Å². The highest BCUT2D eigenvalue weighted by molar-refractivity contribution is 5.89. The van der Waals surface area contributed by atoms with Gasteiger partial charge in [-0.3, -0.25) is 0 Å². The largest absolute Gasteiger partial charge is 0.462 e. The highest BCUT2D eigenvalue weighted by Gasteiger charge is 2.19. The first-order valence-electron chi connectivity index (χ1n) is 9.51. The fourth-order valence-corrected chi connectivity index (χ4v) is 3.01. The number of nitrogens with two attached hydrogens (primary N) is 1. The van der Waals surface area contributed by atoms with E-state index in [0.717, 1.165) is 22.6 Å². The molecule has 1 aromatic heterocycles. The van der Waals surface area contributed by atoms with Crippen LogP contribution in [0.1, 0.15) is 41.6 Å². The minimum Gasteiger partial charge on any atom is -0.462 e. The van der Waals surface area contributed by atoms with E-state index in [4.69, 9.17) is 9.15 Å². The fraction of sp³-hybridized carbons (Fsp3) is 0.261. The van der Waals surface area contributed by atoms with Crippen LogP contribution in [0, 0.1) is 0 Å². The zero-order valence-corrected chi connectivity index (χ0v) is 16.2. The third-order valence-corrected chi connectivity index (χ3v) is 4.67. The van der Waals surface area contributed by atoms with Crippen LogP contribution >= 0.6 is 0 Å². The molecule has 0 fully saturated rings. The third-order valence-electron chi connectivity index (χ3n) is 4.67. The molecule has 0 bridgehead atoms. The van der Waals surface area contributed by atoms with Gasteiger partial charge < -0.3 is 19.6 Å². The molecule has 1 heterocycles. The second kappa shape index (κ2) is 9.35. The monoisotopic (exact) mass is 380 g/mol. The number of furan rings is 1. The summed E-state index contributed by atoms with van der Waals surface area (Å²) in [5, 5.41) is 12.5. The van der Waals surface area contributed by atoms with Crippen LogP contribution in [0.2, 0.25) is 0 Å². The Morgan fingerprint density at radius 1 is 1.07 bits per heavy atom. The molecule has 0 saturated heterocycles. The summed E-state index contributed by atoms with van der Waals surface area (Å²) in [5.74, 6) is 1.25. The van der Waals surface area contributed by atoms with E-state index in [1.54, 1.807) is 19.1 Å². The van der Waals surface area contributed by atoms with Gasteiger partial charge in [-0.25, -0.2) is 4.79 Å². The number of aliphatic hydroxyl groups excluding tert-OH is 1. The van der Waals surface area contributed by atoms with Crippen molar-refractivity contribution < 1.29 is 24.4 Å². The van der Waals surface area contributed by atoms with Crippen LogP contribution in [0.15, 0.2) is 71.1 Å². The van der Waals surface area contributed by atoms with Crippen molar-refractivity contribution in [2.24, 2.45) is 0 Å². The number of rotatable bonds is 8. The zero-order valence-electron chi connectivity index (χ0n) is 16.2. The van der Waals surface area contributed by atoms with Crippen molar-refractivity contribution in [1.29, 1.82) is 0 Å². The molecule has 5 nitrogen and oxygen atoms in total. The predicted molar refractivity (Wildman–Crippen MR) is 107 cm³/mol. The number of ether oxygens (including phenoxy) is 1. The topological polar surface area (TPSA) is 76.3 Å².